The van der Waals surface area contributed by atoms with Crippen LogP contribution in [0.2, 0.25) is 0 Å². The molecule has 0 saturated heterocycles. The Kier molecular flexibility index (Phi) is 3.91. The number of rotatable bonds is 4. The molecule has 0 bridgehead atoms. The molecule has 0 atom stereocenters. The molecular formula is C19H21N7. The van der Waals surface area contributed by atoms with E-state index in [1.807, 2.05) is 51.0 Å². The van der Waals surface area contributed by atoms with Crippen LogP contribution in [-0.2, 0) is 6.54 Å². The van der Waals surface area contributed by atoms with E-state index in [4.69, 9.17) is 4.98 Å². The second-order valence-electron chi connectivity index (χ2n) is 6.55. The molecule has 26 heavy (non-hydrogen) atoms. The second kappa shape index (κ2) is 6.25. The van der Waals surface area contributed by atoms with Crippen molar-refractivity contribution in [3.63, 3.8) is 0 Å². The van der Waals surface area contributed by atoms with Crippen molar-refractivity contribution in [1.29, 1.82) is 0 Å². The number of para-hydroxylation sites is 1. The van der Waals surface area contributed by atoms with Crippen LogP contribution in [0.4, 0.5) is 11.6 Å². The van der Waals surface area contributed by atoms with Gasteiger partial charge in [-0.3, -0.25) is 0 Å². The molecule has 0 unspecified atom stereocenters. The van der Waals surface area contributed by atoms with E-state index in [-0.39, 0.29) is 0 Å². The Hall–Kier alpha value is -3.22. The fourth-order valence-electron chi connectivity index (χ4n) is 3.03. The van der Waals surface area contributed by atoms with E-state index >= 15 is 0 Å². The summed E-state index contributed by atoms with van der Waals surface area (Å²) in [5.74, 6) is 2.45. The Morgan fingerprint density at radius 3 is 2.73 bits per heavy atom. The highest BCUT2D eigenvalue weighted by Gasteiger charge is 2.12. The maximum atomic E-state index is 4.72. The molecule has 0 aliphatic heterocycles. The SMILES string of the molecule is Cc1nc2ncnn2c(NCc2cc(N(C)C)nc3ccccc23)c1C. The average Bonchev–Trinajstić information content (AvgIpc) is 3.09. The lowest BCUT2D eigenvalue weighted by molar-refractivity contribution is 0.903. The van der Waals surface area contributed by atoms with Gasteiger partial charge in [0.05, 0.1) is 5.52 Å². The molecule has 1 aromatic carbocycles. The number of hydrogen-bond donors (Lipinski definition) is 1. The van der Waals surface area contributed by atoms with Gasteiger partial charge in [0.1, 0.15) is 18.0 Å². The van der Waals surface area contributed by atoms with Crippen molar-refractivity contribution in [2.45, 2.75) is 20.4 Å². The number of pyridine rings is 1. The van der Waals surface area contributed by atoms with Gasteiger partial charge >= 0.3 is 0 Å². The quantitative estimate of drug-likeness (QED) is 0.612. The number of fused-ring (bicyclic) bond motifs is 2. The molecular weight excluding hydrogens is 326 g/mol. The third-order valence-electron chi connectivity index (χ3n) is 4.60. The molecule has 4 aromatic rings. The van der Waals surface area contributed by atoms with Gasteiger partial charge < -0.3 is 10.2 Å². The highest BCUT2D eigenvalue weighted by Crippen LogP contribution is 2.24. The lowest BCUT2D eigenvalue weighted by Crippen LogP contribution is -2.13. The van der Waals surface area contributed by atoms with E-state index in [0.717, 1.165) is 33.8 Å². The van der Waals surface area contributed by atoms with Crippen LogP contribution in [0.5, 0.6) is 0 Å². The summed E-state index contributed by atoms with van der Waals surface area (Å²) in [7, 11) is 4.01. The minimum Gasteiger partial charge on any atom is -0.366 e. The number of nitrogens with one attached hydrogen (secondary N) is 1. The Morgan fingerprint density at radius 1 is 1.12 bits per heavy atom. The standard InChI is InChI=1S/C19H21N7/c1-12-13(2)23-19-21-11-22-26(19)18(12)20-10-14-9-17(25(3)4)24-16-8-6-5-7-15(14)16/h5-9,11,20H,10H2,1-4H3. The van der Waals surface area contributed by atoms with Gasteiger partial charge in [0, 0.05) is 37.3 Å². The molecule has 0 amide bonds. The van der Waals surface area contributed by atoms with E-state index in [2.05, 4.69) is 32.5 Å². The molecule has 0 aliphatic carbocycles. The predicted molar refractivity (Wildman–Crippen MR) is 104 cm³/mol. The number of hydrogen-bond acceptors (Lipinski definition) is 6. The van der Waals surface area contributed by atoms with E-state index in [9.17, 15) is 0 Å². The minimum absolute atomic E-state index is 0.601. The van der Waals surface area contributed by atoms with Crippen LogP contribution in [0.1, 0.15) is 16.8 Å². The molecule has 132 valence electrons. The van der Waals surface area contributed by atoms with Crippen LogP contribution in [-0.4, -0.2) is 38.7 Å². The van der Waals surface area contributed by atoms with Crippen LogP contribution in [0.15, 0.2) is 36.7 Å². The number of nitrogens with zero attached hydrogens (tertiary/aromatic N) is 6. The zero-order chi connectivity index (χ0) is 18.3. The van der Waals surface area contributed by atoms with E-state index < -0.39 is 0 Å². The van der Waals surface area contributed by atoms with Crippen molar-refractivity contribution in [2.24, 2.45) is 0 Å². The second-order valence-corrected chi connectivity index (χ2v) is 6.55. The van der Waals surface area contributed by atoms with Crippen molar-refractivity contribution in [1.82, 2.24) is 24.6 Å². The van der Waals surface area contributed by atoms with Gasteiger partial charge in [-0.1, -0.05) is 18.2 Å². The fraction of sp³-hybridized carbons (Fsp3) is 0.263. The summed E-state index contributed by atoms with van der Waals surface area (Å²) in [4.78, 5) is 15.4. The average molecular weight is 347 g/mol. The first kappa shape index (κ1) is 16.3. The molecule has 7 nitrogen and oxygen atoms in total. The summed E-state index contributed by atoms with van der Waals surface area (Å²) in [6, 6.07) is 10.3. The van der Waals surface area contributed by atoms with Crippen molar-refractivity contribution < 1.29 is 0 Å². The normalized spacial score (nSPS) is 11.2. The fourth-order valence-corrected chi connectivity index (χ4v) is 3.03. The van der Waals surface area contributed by atoms with Crippen LogP contribution < -0.4 is 10.2 Å². The summed E-state index contributed by atoms with van der Waals surface area (Å²) >= 11 is 0. The van der Waals surface area contributed by atoms with Crippen molar-refractivity contribution >= 4 is 28.3 Å². The topological polar surface area (TPSA) is 71.2 Å². The maximum absolute atomic E-state index is 4.72. The molecule has 7 heteroatoms. The zero-order valence-corrected chi connectivity index (χ0v) is 15.4. The summed E-state index contributed by atoms with van der Waals surface area (Å²) < 4.78 is 1.75. The predicted octanol–water partition coefficient (Wildman–Crippen LogP) is 2.97. The smallest absolute Gasteiger partial charge is 0.254 e. The maximum Gasteiger partial charge on any atom is 0.254 e. The van der Waals surface area contributed by atoms with Gasteiger partial charge in [-0.25, -0.2) is 9.97 Å². The molecule has 0 aliphatic rings. The van der Waals surface area contributed by atoms with Crippen molar-refractivity contribution in [3.05, 3.63) is 53.5 Å². The van der Waals surface area contributed by atoms with Crippen LogP contribution >= 0.6 is 0 Å². The summed E-state index contributed by atoms with van der Waals surface area (Å²) in [5.41, 5.74) is 4.18. The van der Waals surface area contributed by atoms with Gasteiger partial charge in [-0.15, -0.1) is 0 Å². The number of anilines is 2. The Morgan fingerprint density at radius 2 is 1.92 bits per heavy atom. The van der Waals surface area contributed by atoms with E-state index in [0.29, 0.717) is 12.3 Å². The first-order valence-corrected chi connectivity index (χ1v) is 8.51. The number of aromatic nitrogens is 5. The van der Waals surface area contributed by atoms with Gasteiger partial charge in [0.2, 0.25) is 0 Å². The first-order chi connectivity index (χ1) is 12.5. The molecule has 3 heterocycles. The van der Waals surface area contributed by atoms with Crippen molar-refractivity contribution in [2.75, 3.05) is 24.3 Å². The molecule has 0 fully saturated rings. The Bertz CT molecular complexity index is 1100. The first-order valence-electron chi connectivity index (χ1n) is 8.51. The summed E-state index contributed by atoms with van der Waals surface area (Å²) in [6.07, 6.45) is 1.53. The molecule has 0 saturated carbocycles. The molecule has 4 rings (SSSR count). The number of aryl methyl sites for hydroxylation is 1. The Labute approximate surface area is 151 Å². The van der Waals surface area contributed by atoms with Crippen LogP contribution in [0.25, 0.3) is 16.7 Å². The highest BCUT2D eigenvalue weighted by atomic mass is 15.4. The molecule has 3 aromatic heterocycles. The Balaban J connectivity index is 1.77. The minimum atomic E-state index is 0.601. The molecule has 1 N–H and O–H groups in total. The largest absolute Gasteiger partial charge is 0.366 e. The van der Waals surface area contributed by atoms with Crippen LogP contribution in [0, 0.1) is 13.8 Å². The van der Waals surface area contributed by atoms with E-state index in [1.165, 1.54) is 11.9 Å². The van der Waals surface area contributed by atoms with E-state index in [1.54, 1.807) is 4.52 Å². The highest BCUT2D eigenvalue weighted by molar-refractivity contribution is 5.84. The summed E-state index contributed by atoms with van der Waals surface area (Å²) in [5, 5.41) is 8.98. The molecule has 0 radical (unpaired) electrons. The lowest BCUT2D eigenvalue weighted by atomic mass is 10.1. The van der Waals surface area contributed by atoms with Gasteiger partial charge in [-0.05, 0) is 31.5 Å². The molecule has 0 spiro atoms. The monoisotopic (exact) mass is 347 g/mol. The van der Waals surface area contributed by atoms with Crippen molar-refractivity contribution in [3.8, 4) is 0 Å². The van der Waals surface area contributed by atoms with Gasteiger partial charge in [0.25, 0.3) is 5.78 Å². The number of benzene rings is 1. The summed E-state index contributed by atoms with van der Waals surface area (Å²) in [6.45, 7) is 4.69. The van der Waals surface area contributed by atoms with Gasteiger partial charge in [0.15, 0.2) is 0 Å². The van der Waals surface area contributed by atoms with Crippen LogP contribution in [0.3, 0.4) is 0 Å². The van der Waals surface area contributed by atoms with Gasteiger partial charge in [-0.2, -0.15) is 14.6 Å². The third kappa shape index (κ3) is 2.71. The zero-order valence-electron chi connectivity index (χ0n) is 15.4. The third-order valence-corrected chi connectivity index (χ3v) is 4.60. The lowest BCUT2D eigenvalue weighted by Gasteiger charge is -2.17.